The molecule has 4 aromatic rings. The third-order valence-corrected chi connectivity index (χ3v) is 15.9. The molecular formula is C52H64N16O12S2. The molecule has 3 aliphatic heterocycles. The van der Waals surface area contributed by atoms with Gasteiger partial charge < -0.3 is 74.7 Å². The van der Waals surface area contributed by atoms with Crippen molar-refractivity contribution >= 4 is 121 Å². The number of carboxylic acid groups (broad SMARTS) is 1. The molecule has 2 saturated heterocycles. The van der Waals surface area contributed by atoms with E-state index in [0.717, 1.165) is 32.4 Å². The maximum atomic E-state index is 15.0. The fourth-order valence-corrected chi connectivity index (χ4v) is 11.5. The first kappa shape index (κ1) is 60.7. The van der Waals surface area contributed by atoms with Crippen molar-refractivity contribution in [3.8, 4) is 0 Å². The monoisotopic (exact) mass is 1170 g/mol. The van der Waals surface area contributed by atoms with Gasteiger partial charge in [0.05, 0.1) is 19.4 Å². The standard InChI is InChI=1S/C52H64N16O12S2/c53-44(73)39-24-81-82-25-40(61-41(69)23-68-42(70)22-59-52(68)80)50(79)63-35(13-14-43(71)72)46(75)66-38(19-31-21-56-26-60-31)49(78)64-36(17-27-11-12-28-6-1-2-7-29(28)16-27)47(76)62-34(10-5-15-57-51(54)55)45(74)65-37(48(77)67-39)18-30-20-58-33-9-4-3-8-32(30)33/h1-4,6-9,11-12,16,20,26,31,34-40,58H,5,10,13-15,17-19,21-25H2,(H2,53,73)(H,56,60)(H,59,80)(H,61,69)(H,62,76)(H,63,79)(H,64,78)(H,65,74)(H,66,75)(H,67,77)(H,71,72)(H4,54,55,57)/t31?,34-,35?,36+,37-,38-,39-,40-/m0/s1. The number of guanidine groups is 1. The Balaban J connectivity index is 1.28. The number of aromatic nitrogens is 1. The third-order valence-electron chi connectivity index (χ3n) is 13.5. The number of hydrogen-bond acceptors (Lipinski definition) is 16. The number of benzene rings is 3. The molecule has 3 aliphatic rings. The fraction of sp³-hybridized carbons (Fsp3) is 0.404. The molecule has 0 spiro atoms. The molecule has 28 nitrogen and oxygen atoms in total. The molecule has 436 valence electrons. The number of aliphatic imine (C=N–C) groups is 1. The molecular weight excluding hydrogens is 1100 g/mol. The topological polar surface area (TPSA) is 436 Å². The van der Waals surface area contributed by atoms with Crippen LogP contribution in [0, 0.1) is 5.41 Å². The smallest absolute Gasteiger partial charge is 0.325 e. The lowest BCUT2D eigenvalue weighted by molar-refractivity contribution is -0.138. The van der Waals surface area contributed by atoms with E-state index in [4.69, 9.17) is 16.9 Å². The summed E-state index contributed by atoms with van der Waals surface area (Å²) in [5, 5.41) is 46.2. The predicted octanol–water partition coefficient (Wildman–Crippen LogP) is -2.55. The predicted molar refractivity (Wildman–Crippen MR) is 303 cm³/mol. The number of nitrogens with two attached hydrogens (primary N) is 2. The average molecular weight is 1170 g/mol. The number of fused-ring (bicyclic) bond motifs is 2. The molecule has 17 N–H and O–H groups in total. The van der Waals surface area contributed by atoms with Crippen LogP contribution < -0.4 is 64.6 Å². The van der Waals surface area contributed by atoms with Crippen LogP contribution >= 0.6 is 21.6 Å². The van der Waals surface area contributed by atoms with Gasteiger partial charge in [-0.05, 0) is 53.6 Å². The number of urea groups is 1. The number of hydrogen-bond donors (Lipinski definition) is 15. The Morgan fingerprint density at radius 3 is 2.06 bits per heavy atom. The van der Waals surface area contributed by atoms with Crippen molar-refractivity contribution in [2.75, 3.05) is 37.7 Å². The van der Waals surface area contributed by atoms with Gasteiger partial charge in [-0.2, -0.15) is 0 Å². The normalized spacial score (nSPS) is 23.5. The van der Waals surface area contributed by atoms with E-state index in [0.29, 0.717) is 26.9 Å². The number of primary amides is 1. The number of carbonyl (C=O) groups excluding carboxylic acids is 10. The zero-order valence-electron chi connectivity index (χ0n) is 44.1. The van der Waals surface area contributed by atoms with E-state index in [1.165, 1.54) is 6.34 Å². The van der Waals surface area contributed by atoms with Crippen molar-refractivity contribution in [2.24, 2.45) is 16.5 Å². The van der Waals surface area contributed by atoms with E-state index in [-0.39, 0.29) is 69.2 Å². The van der Waals surface area contributed by atoms with Crippen molar-refractivity contribution in [3.63, 3.8) is 0 Å². The number of para-hydroxylation sites is 1. The Morgan fingerprint density at radius 1 is 0.732 bits per heavy atom. The third kappa shape index (κ3) is 17.3. The fourth-order valence-electron chi connectivity index (χ4n) is 9.17. The SMILES string of the molecule is N=C(N)NCCC[C@@H]1NC(=O)[C@@H](Cc2ccc3ccccc3c2)NC(=O)[C@H](CC2CN=CN2)NC(=O)C(CCC(=O)O)NC(=O)[C@@H](NC(=O)CN2C(=O)CNC2=O)CSSC[C@@H](C(N)=O)NC(=O)[C@H](Cc2c[nH]c3ccccc23)NC1=O. The minimum absolute atomic E-state index is 0.0844. The quantitative estimate of drug-likeness (QED) is 0.0170. The maximum absolute atomic E-state index is 15.0. The molecule has 7 rings (SSSR count). The molecule has 2 unspecified atom stereocenters. The minimum atomic E-state index is -1.68. The number of aromatic amines is 1. The van der Waals surface area contributed by atoms with Crippen LogP contribution in [0.15, 0.2) is 77.9 Å². The molecule has 82 heavy (non-hydrogen) atoms. The molecule has 4 heterocycles. The maximum Gasteiger partial charge on any atom is 0.325 e. The number of carbonyl (C=O) groups is 11. The number of H-pyrrole nitrogens is 1. The van der Waals surface area contributed by atoms with Gasteiger partial charge in [-0.15, -0.1) is 0 Å². The summed E-state index contributed by atoms with van der Waals surface area (Å²) in [4.78, 5) is 159. The Bertz CT molecular complexity index is 3100. The van der Waals surface area contributed by atoms with Crippen LogP contribution in [-0.4, -0.2) is 178 Å². The van der Waals surface area contributed by atoms with Crippen molar-refractivity contribution in [3.05, 3.63) is 84.1 Å². The van der Waals surface area contributed by atoms with Crippen LogP contribution in [0.4, 0.5) is 4.79 Å². The van der Waals surface area contributed by atoms with Gasteiger partial charge in [0.25, 0.3) is 5.91 Å². The lowest BCUT2D eigenvalue weighted by Crippen LogP contribution is -2.61. The van der Waals surface area contributed by atoms with Crippen LogP contribution in [0.3, 0.4) is 0 Å². The first-order valence-electron chi connectivity index (χ1n) is 26.1. The van der Waals surface area contributed by atoms with E-state index in [1.54, 1.807) is 30.5 Å². The second-order valence-electron chi connectivity index (χ2n) is 19.6. The average Bonchev–Trinajstić information content (AvgIpc) is 4.22. The van der Waals surface area contributed by atoms with Crippen molar-refractivity contribution < 1.29 is 57.8 Å². The Morgan fingerprint density at radius 2 is 1.37 bits per heavy atom. The first-order chi connectivity index (χ1) is 39.3. The van der Waals surface area contributed by atoms with Gasteiger partial charge in [0.1, 0.15) is 48.8 Å². The summed E-state index contributed by atoms with van der Waals surface area (Å²) in [6, 6.07) is 8.05. The molecule has 8 atom stereocenters. The molecule has 0 bridgehead atoms. The van der Waals surface area contributed by atoms with Gasteiger partial charge in [-0.1, -0.05) is 82.3 Å². The Hall–Kier alpha value is -8.93. The van der Waals surface area contributed by atoms with Gasteiger partial charge in [0.2, 0.25) is 47.3 Å². The zero-order chi connectivity index (χ0) is 58.9. The number of carboxylic acids is 1. The van der Waals surface area contributed by atoms with Crippen LogP contribution in [0.5, 0.6) is 0 Å². The highest BCUT2D eigenvalue weighted by molar-refractivity contribution is 8.76. The summed E-state index contributed by atoms with van der Waals surface area (Å²) in [6.45, 7) is -0.939. The summed E-state index contributed by atoms with van der Waals surface area (Å²) in [5.41, 5.74) is 13.3. The number of rotatable bonds is 17. The highest BCUT2D eigenvalue weighted by Crippen LogP contribution is 2.25. The van der Waals surface area contributed by atoms with E-state index >= 15 is 0 Å². The van der Waals surface area contributed by atoms with E-state index in [9.17, 15) is 57.8 Å². The van der Waals surface area contributed by atoms with Crippen molar-refractivity contribution in [2.45, 2.75) is 93.3 Å². The highest BCUT2D eigenvalue weighted by Gasteiger charge is 2.37. The van der Waals surface area contributed by atoms with Gasteiger partial charge in [-0.3, -0.25) is 63.2 Å². The summed E-state index contributed by atoms with van der Waals surface area (Å²) >= 11 is 0. The highest BCUT2D eigenvalue weighted by atomic mass is 33.1. The number of aliphatic carboxylic acids is 1. The van der Waals surface area contributed by atoms with E-state index in [2.05, 4.69) is 63.1 Å². The molecule has 0 radical (unpaired) electrons. The Labute approximate surface area is 476 Å². The lowest BCUT2D eigenvalue weighted by atomic mass is 9.99. The molecule has 1 aromatic heterocycles. The number of nitrogens with one attached hydrogen (secondary N) is 12. The zero-order valence-corrected chi connectivity index (χ0v) is 45.8. The molecule has 0 saturated carbocycles. The van der Waals surface area contributed by atoms with Crippen molar-refractivity contribution in [1.29, 1.82) is 5.41 Å². The van der Waals surface area contributed by atoms with Gasteiger partial charge >= 0.3 is 12.0 Å². The van der Waals surface area contributed by atoms with Crippen LogP contribution in [-0.2, 0) is 60.8 Å². The minimum Gasteiger partial charge on any atom is -0.481 e. The summed E-state index contributed by atoms with van der Waals surface area (Å²) in [5.74, 6) is -10.6. The lowest BCUT2D eigenvalue weighted by Gasteiger charge is -2.28. The van der Waals surface area contributed by atoms with Gasteiger partial charge in [0.15, 0.2) is 5.96 Å². The molecule has 2 fully saturated rings. The molecule has 30 heteroatoms. The van der Waals surface area contributed by atoms with Crippen LogP contribution in [0.1, 0.15) is 43.2 Å². The number of amides is 11. The second-order valence-corrected chi connectivity index (χ2v) is 22.1. The van der Waals surface area contributed by atoms with Crippen molar-refractivity contribution in [1.82, 2.24) is 63.1 Å². The first-order valence-corrected chi connectivity index (χ1v) is 28.6. The van der Waals surface area contributed by atoms with E-state index in [1.807, 2.05) is 42.5 Å². The van der Waals surface area contributed by atoms with Gasteiger partial charge in [-0.25, -0.2) is 4.79 Å². The van der Waals surface area contributed by atoms with Gasteiger partial charge in [0, 0.05) is 60.5 Å². The summed E-state index contributed by atoms with van der Waals surface area (Å²) in [7, 11) is 1.83. The van der Waals surface area contributed by atoms with Crippen LogP contribution in [0.2, 0.25) is 0 Å². The van der Waals surface area contributed by atoms with Crippen LogP contribution in [0.25, 0.3) is 21.7 Å². The van der Waals surface area contributed by atoms with E-state index < -0.39 is 133 Å². The molecule has 0 aliphatic carbocycles. The largest absolute Gasteiger partial charge is 0.481 e. The molecule has 11 amide bonds. The molecule has 3 aromatic carbocycles. The number of nitrogens with zero attached hydrogens (tertiary/aromatic N) is 2. The summed E-state index contributed by atoms with van der Waals surface area (Å²) < 4.78 is 0. The second kappa shape index (κ2) is 29.0. The Kier molecular flexibility index (Phi) is 21.5. The summed E-state index contributed by atoms with van der Waals surface area (Å²) in [6.07, 6.45) is 1.42. The number of imide groups is 1.